The number of hydrogen-bond donors (Lipinski definition) is 0. The highest BCUT2D eigenvalue weighted by Gasteiger charge is 2.26. The first-order valence-electron chi connectivity index (χ1n) is 4.53. The third kappa shape index (κ3) is 1.55. The molecule has 0 saturated heterocycles. The van der Waals surface area contributed by atoms with Crippen LogP contribution in [-0.2, 0) is 4.79 Å². The molecule has 0 saturated carbocycles. The molecule has 2 rings (SSSR count). The Labute approximate surface area is 92.0 Å². The van der Waals surface area contributed by atoms with Gasteiger partial charge in [0.1, 0.15) is 0 Å². The van der Waals surface area contributed by atoms with Crippen LogP contribution in [0.2, 0.25) is 0 Å². The standard InChI is InChI=1S/C12H11BrO/c1-8-7-11(14)10-4-6-12(2,13)5-3-9(8)10/h3-6H,1,7H2,2H3. The molecule has 2 aliphatic rings. The number of rotatable bonds is 0. The SMILES string of the molecule is C=C1CC(=O)C2=C1C=CC(C)(Br)C=C2. The van der Waals surface area contributed by atoms with E-state index in [0.717, 1.165) is 16.7 Å². The molecule has 72 valence electrons. The van der Waals surface area contributed by atoms with Crippen molar-refractivity contribution in [2.45, 2.75) is 17.7 Å². The van der Waals surface area contributed by atoms with Crippen molar-refractivity contribution in [2.24, 2.45) is 0 Å². The Kier molecular flexibility index (Phi) is 2.11. The van der Waals surface area contributed by atoms with Crippen LogP contribution in [0.25, 0.3) is 0 Å². The van der Waals surface area contributed by atoms with Crippen LogP contribution in [0.3, 0.4) is 0 Å². The lowest BCUT2D eigenvalue weighted by atomic mass is 10.1. The Morgan fingerprint density at radius 2 is 1.93 bits per heavy atom. The van der Waals surface area contributed by atoms with Crippen LogP contribution in [0.15, 0.2) is 47.6 Å². The first kappa shape index (κ1) is 9.66. The molecule has 0 fully saturated rings. The van der Waals surface area contributed by atoms with Gasteiger partial charge in [-0.3, -0.25) is 4.79 Å². The van der Waals surface area contributed by atoms with Gasteiger partial charge in [-0.25, -0.2) is 0 Å². The van der Waals surface area contributed by atoms with Gasteiger partial charge in [-0.2, -0.15) is 0 Å². The molecule has 1 unspecified atom stereocenters. The maximum Gasteiger partial charge on any atom is 0.167 e. The van der Waals surface area contributed by atoms with Crippen molar-refractivity contribution in [2.75, 3.05) is 0 Å². The highest BCUT2D eigenvalue weighted by atomic mass is 79.9. The van der Waals surface area contributed by atoms with Gasteiger partial charge in [-0.1, -0.05) is 46.8 Å². The summed E-state index contributed by atoms with van der Waals surface area (Å²) >= 11 is 3.55. The Hall–Kier alpha value is -0.890. The van der Waals surface area contributed by atoms with Crippen molar-refractivity contribution in [3.05, 3.63) is 47.6 Å². The predicted molar refractivity (Wildman–Crippen MR) is 61.4 cm³/mol. The molecule has 0 heterocycles. The molecular weight excluding hydrogens is 240 g/mol. The molecule has 14 heavy (non-hydrogen) atoms. The average Bonchev–Trinajstić information content (AvgIpc) is 2.26. The van der Waals surface area contributed by atoms with Crippen molar-refractivity contribution in [1.29, 1.82) is 0 Å². The lowest BCUT2D eigenvalue weighted by Gasteiger charge is -2.10. The number of ketones is 1. The Balaban J connectivity index is 2.51. The van der Waals surface area contributed by atoms with Gasteiger partial charge in [0.25, 0.3) is 0 Å². The van der Waals surface area contributed by atoms with E-state index >= 15 is 0 Å². The van der Waals surface area contributed by atoms with Crippen molar-refractivity contribution >= 4 is 21.7 Å². The second kappa shape index (κ2) is 3.06. The van der Waals surface area contributed by atoms with Gasteiger partial charge in [0.15, 0.2) is 5.78 Å². The van der Waals surface area contributed by atoms with Crippen LogP contribution in [0.1, 0.15) is 13.3 Å². The van der Waals surface area contributed by atoms with Crippen LogP contribution in [0.4, 0.5) is 0 Å². The Morgan fingerprint density at radius 1 is 1.36 bits per heavy atom. The third-order valence-electron chi connectivity index (χ3n) is 2.50. The molecule has 1 nitrogen and oxygen atoms in total. The van der Waals surface area contributed by atoms with Crippen LogP contribution < -0.4 is 0 Å². The number of allylic oxidation sites excluding steroid dienone is 7. The van der Waals surface area contributed by atoms with E-state index in [1.54, 1.807) is 0 Å². The lowest BCUT2D eigenvalue weighted by molar-refractivity contribution is -0.114. The highest BCUT2D eigenvalue weighted by Crippen LogP contribution is 2.34. The van der Waals surface area contributed by atoms with E-state index < -0.39 is 0 Å². The molecule has 0 N–H and O–H groups in total. The third-order valence-corrected chi connectivity index (χ3v) is 3.03. The second-order valence-corrected chi connectivity index (χ2v) is 5.56. The molecule has 0 aromatic rings. The molecule has 0 amide bonds. The van der Waals surface area contributed by atoms with Crippen molar-refractivity contribution < 1.29 is 4.79 Å². The summed E-state index contributed by atoms with van der Waals surface area (Å²) in [5, 5.41) is 0. The number of carbonyl (C=O) groups excluding carboxylic acids is 1. The zero-order valence-corrected chi connectivity index (χ0v) is 9.60. The number of halogens is 1. The highest BCUT2D eigenvalue weighted by molar-refractivity contribution is 9.10. The quantitative estimate of drug-likeness (QED) is 0.604. The lowest BCUT2D eigenvalue weighted by Crippen LogP contribution is -2.06. The Bertz CT molecular complexity index is 372. The normalized spacial score (nSPS) is 31.0. The van der Waals surface area contributed by atoms with E-state index in [4.69, 9.17) is 0 Å². The van der Waals surface area contributed by atoms with Crippen LogP contribution in [0, 0.1) is 0 Å². The van der Waals surface area contributed by atoms with Crippen molar-refractivity contribution in [1.82, 2.24) is 0 Å². The van der Waals surface area contributed by atoms with E-state index in [2.05, 4.69) is 22.5 Å². The number of alkyl halides is 1. The summed E-state index contributed by atoms with van der Waals surface area (Å²) in [5.74, 6) is 0.177. The predicted octanol–water partition coefficient (Wildman–Crippen LogP) is 3.09. The summed E-state index contributed by atoms with van der Waals surface area (Å²) < 4.78 is -0.155. The minimum absolute atomic E-state index is 0.155. The van der Waals surface area contributed by atoms with Crippen molar-refractivity contribution in [3.8, 4) is 0 Å². The van der Waals surface area contributed by atoms with Gasteiger partial charge < -0.3 is 0 Å². The maximum atomic E-state index is 11.6. The minimum Gasteiger partial charge on any atom is -0.294 e. The molecule has 0 bridgehead atoms. The molecule has 2 aliphatic carbocycles. The largest absolute Gasteiger partial charge is 0.294 e. The zero-order chi connectivity index (χ0) is 10.3. The average molecular weight is 251 g/mol. The molecule has 0 aromatic heterocycles. The fourth-order valence-corrected chi connectivity index (χ4v) is 1.93. The first-order valence-corrected chi connectivity index (χ1v) is 5.32. The first-order chi connectivity index (χ1) is 6.49. The van der Waals surface area contributed by atoms with Gasteiger partial charge in [-0.15, -0.1) is 0 Å². The van der Waals surface area contributed by atoms with E-state index in [9.17, 15) is 4.79 Å². The van der Waals surface area contributed by atoms with Crippen LogP contribution >= 0.6 is 15.9 Å². The summed E-state index contributed by atoms with van der Waals surface area (Å²) in [4.78, 5) is 11.6. The number of hydrogen-bond acceptors (Lipinski definition) is 1. The molecule has 0 spiro atoms. The summed E-state index contributed by atoms with van der Waals surface area (Å²) in [6, 6.07) is 0. The van der Waals surface area contributed by atoms with Crippen LogP contribution in [-0.4, -0.2) is 10.1 Å². The summed E-state index contributed by atoms with van der Waals surface area (Å²) in [5.41, 5.74) is 2.72. The molecule has 0 aromatic carbocycles. The van der Waals surface area contributed by atoms with E-state index in [1.807, 2.05) is 31.2 Å². The summed E-state index contributed by atoms with van der Waals surface area (Å²) in [6.07, 6.45) is 8.37. The van der Waals surface area contributed by atoms with Gasteiger partial charge in [0.05, 0.1) is 4.32 Å². The molecule has 1 atom stereocenters. The fraction of sp³-hybridized carbons (Fsp3) is 0.250. The van der Waals surface area contributed by atoms with Crippen molar-refractivity contribution in [3.63, 3.8) is 0 Å². The summed E-state index contributed by atoms with van der Waals surface area (Å²) in [7, 11) is 0. The monoisotopic (exact) mass is 250 g/mol. The Morgan fingerprint density at radius 3 is 2.57 bits per heavy atom. The second-order valence-electron chi connectivity index (χ2n) is 3.85. The zero-order valence-electron chi connectivity index (χ0n) is 8.01. The smallest absolute Gasteiger partial charge is 0.167 e. The summed E-state index contributed by atoms with van der Waals surface area (Å²) in [6.45, 7) is 5.94. The van der Waals surface area contributed by atoms with E-state index in [1.165, 1.54) is 0 Å². The van der Waals surface area contributed by atoms with Crippen LogP contribution in [0.5, 0.6) is 0 Å². The van der Waals surface area contributed by atoms with Gasteiger partial charge in [0, 0.05) is 12.0 Å². The topological polar surface area (TPSA) is 17.1 Å². The number of Topliss-reactive ketones (excluding diaryl/α,β-unsaturated/α-hetero) is 1. The number of carbonyl (C=O) groups is 1. The van der Waals surface area contributed by atoms with E-state index in [0.29, 0.717) is 6.42 Å². The van der Waals surface area contributed by atoms with Gasteiger partial charge in [0.2, 0.25) is 0 Å². The van der Waals surface area contributed by atoms with E-state index in [-0.39, 0.29) is 10.1 Å². The van der Waals surface area contributed by atoms with Gasteiger partial charge in [-0.05, 0) is 18.1 Å². The molecule has 0 radical (unpaired) electrons. The molecular formula is C12H11BrO. The fourth-order valence-electron chi connectivity index (χ4n) is 1.66. The molecule has 0 aliphatic heterocycles. The van der Waals surface area contributed by atoms with Gasteiger partial charge >= 0.3 is 0 Å². The minimum atomic E-state index is -0.155. The maximum absolute atomic E-state index is 11.6. The molecule has 2 heteroatoms.